The van der Waals surface area contributed by atoms with E-state index >= 15 is 0 Å². The van der Waals surface area contributed by atoms with Crippen LogP contribution in [0.2, 0.25) is 0 Å². The quantitative estimate of drug-likeness (QED) is 0.686. The van der Waals surface area contributed by atoms with Gasteiger partial charge in [0.2, 0.25) is 0 Å². The SMILES string of the molecule is Cc1ccc(C)c(S(=O)(=O)Nc2ccc(-c3ccc(N4CCCC4)nn3)cc2)c1. The summed E-state index contributed by atoms with van der Waals surface area (Å²) in [6, 6.07) is 16.5. The van der Waals surface area contributed by atoms with Gasteiger partial charge in [-0.3, -0.25) is 4.72 Å². The smallest absolute Gasteiger partial charge is 0.262 e. The average Bonchev–Trinajstić information content (AvgIpc) is 3.25. The van der Waals surface area contributed by atoms with E-state index in [9.17, 15) is 8.42 Å². The van der Waals surface area contributed by atoms with E-state index < -0.39 is 10.0 Å². The standard InChI is InChI=1S/C22H24N4O2S/c1-16-5-6-17(2)21(15-16)29(27,28)25-19-9-7-18(8-10-19)20-11-12-22(24-23-20)26-13-3-4-14-26/h5-12,15,25H,3-4,13-14H2,1-2H3. The molecule has 0 amide bonds. The molecule has 1 aliphatic heterocycles. The molecule has 3 aromatic rings. The van der Waals surface area contributed by atoms with Crippen molar-refractivity contribution in [3.63, 3.8) is 0 Å². The highest BCUT2D eigenvalue weighted by atomic mass is 32.2. The van der Waals surface area contributed by atoms with Crippen molar-refractivity contribution in [2.24, 2.45) is 0 Å². The number of rotatable bonds is 5. The van der Waals surface area contributed by atoms with E-state index in [1.165, 1.54) is 12.8 Å². The fourth-order valence-corrected chi connectivity index (χ4v) is 4.90. The minimum atomic E-state index is -3.64. The molecule has 0 unspecified atom stereocenters. The van der Waals surface area contributed by atoms with Crippen molar-refractivity contribution < 1.29 is 8.42 Å². The van der Waals surface area contributed by atoms with Gasteiger partial charge >= 0.3 is 0 Å². The number of nitrogens with zero attached hydrogens (tertiary/aromatic N) is 3. The number of nitrogens with one attached hydrogen (secondary N) is 1. The molecule has 0 saturated carbocycles. The molecule has 2 heterocycles. The van der Waals surface area contributed by atoms with Crippen molar-refractivity contribution in [2.45, 2.75) is 31.6 Å². The van der Waals surface area contributed by atoms with Crippen molar-refractivity contribution in [3.05, 3.63) is 65.7 Å². The van der Waals surface area contributed by atoms with Crippen molar-refractivity contribution in [1.82, 2.24) is 10.2 Å². The summed E-state index contributed by atoms with van der Waals surface area (Å²) >= 11 is 0. The Morgan fingerprint density at radius 1 is 0.897 bits per heavy atom. The Labute approximate surface area is 171 Å². The summed E-state index contributed by atoms with van der Waals surface area (Å²) < 4.78 is 28.2. The third kappa shape index (κ3) is 4.24. The van der Waals surface area contributed by atoms with Gasteiger partial charge in [-0.05, 0) is 68.1 Å². The van der Waals surface area contributed by atoms with Crippen LogP contribution in [-0.4, -0.2) is 31.7 Å². The summed E-state index contributed by atoms with van der Waals surface area (Å²) in [5, 5.41) is 8.68. The summed E-state index contributed by atoms with van der Waals surface area (Å²) in [5.41, 5.74) is 3.78. The van der Waals surface area contributed by atoms with Crippen LogP contribution in [0.25, 0.3) is 11.3 Å². The molecule has 0 bridgehead atoms. The van der Waals surface area contributed by atoms with Gasteiger partial charge in [-0.2, -0.15) is 0 Å². The third-order valence-corrected chi connectivity index (χ3v) is 6.67. The zero-order valence-corrected chi connectivity index (χ0v) is 17.4. The highest BCUT2D eigenvalue weighted by molar-refractivity contribution is 7.92. The van der Waals surface area contributed by atoms with Crippen molar-refractivity contribution in [3.8, 4) is 11.3 Å². The fourth-order valence-electron chi connectivity index (χ4n) is 3.51. The lowest BCUT2D eigenvalue weighted by atomic mass is 10.1. The first-order chi connectivity index (χ1) is 13.9. The molecular formula is C22H24N4O2S. The summed E-state index contributed by atoms with van der Waals surface area (Å²) in [6.45, 7) is 5.73. The van der Waals surface area contributed by atoms with Crippen LogP contribution in [0, 0.1) is 13.8 Å². The number of sulfonamides is 1. The van der Waals surface area contributed by atoms with E-state index in [1.807, 2.05) is 43.3 Å². The minimum Gasteiger partial charge on any atom is -0.355 e. The second-order valence-corrected chi connectivity index (χ2v) is 9.07. The van der Waals surface area contributed by atoms with Crippen LogP contribution in [0.4, 0.5) is 11.5 Å². The lowest BCUT2D eigenvalue weighted by Crippen LogP contribution is -2.19. The number of aryl methyl sites for hydroxylation is 2. The Morgan fingerprint density at radius 3 is 2.28 bits per heavy atom. The van der Waals surface area contributed by atoms with E-state index in [0.29, 0.717) is 16.1 Å². The Morgan fingerprint density at radius 2 is 1.62 bits per heavy atom. The van der Waals surface area contributed by atoms with Crippen LogP contribution in [0.5, 0.6) is 0 Å². The molecule has 150 valence electrons. The Hall–Kier alpha value is -2.93. The molecule has 2 aromatic carbocycles. The topological polar surface area (TPSA) is 75.2 Å². The van der Waals surface area contributed by atoms with Gasteiger partial charge in [-0.25, -0.2) is 8.42 Å². The van der Waals surface area contributed by atoms with Crippen molar-refractivity contribution >= 4 is 21.5 Å². The van der Waals surface area contributed by atoms with Gasteiger partial charge in [-0.1, -0.05) is 24.3 Å². The number of anilines is 2. The van der Waals surface area contributed by atoms with Gasteiger partial charge in [0, 0.05) is 24.3 Å². The molecule has 6 nitrogen and oxygen atoms in total. The molecule has 7 heteroatoms. The van der Waals surface area contributed by atoms with Gasteiger partial charge < -0.3 is 4.90 Å². The highest BCUT2D eigenvalue weighted by Crippen LogP contribution is 2.24. The monoisotopic (exact) mass is 408 g/mol. The predicted molar refractivity (Wildman–Crippen MR) is 116 cm³/mol. The van der Waals surface area contributed by atoms with Gasteiger partial charge in [-0.15, -0.1) is 10.2 Å². The summed E-state index contributed by atoms with van der Waals surface area (Å²) in [7, 11) is -3.64. The molecule has 0 radical (unpaired) electrons. The van der Waals surface area contributed by atoms with Gasteiger partial charge in [0.25, 0.3) is 10.0 Å². The number of hydrogen-bond acceptors (Lipinski definition) is 5. The maximum Gasteiger partial charge on any atom is 0.262 e. The van der Waals surface area contributed by atoms with E-state index in [4.69, 9.17) is 0 Å². The van der Waals surface area contributed by atoms with Gasteiger partial charge in [0.15, 0.2) is 5.82 Å². The highest BCUT2D eigenvalue weighted by Gasteiger charge is 2.17. The Bertz CT molecular complexity index is 1100. The summed E-state index contributed by atoms with van der Waals surface area (Å²) in [6.07, 6.45) is 2.39. The second kappa shape index (κ2) is 7.83. The van der Waals surface area contributed by atoms with Gasteiger partial charge in [0.05, 0.1) is 10.6 Å². The summed E-state index contributed by atoms with van der Waals surface area (Å²) in [4.78, 5) is 2.53. The molecule has 0 spiro atoms. The van der Waals surface area contributed by atoms with Gasteiger partial charge in [0.1, 0.15) is 0 Å². The maximum atomic E-state index is 12.8. The zero-order valence-electron chi connectivity index (χ0n) is 16.6. The molecule has 1 aromatic heterocycles. The van der Waals surface area contributed by atoms with Crippen LogP contribution in [0.1, 0.15) is 24.0 Å². The van der Waals surface area contributed by atoms with E-state index in [0.717, 1.165) is 35.7 Å². The molecule has 0 atom stereocenters. The van der Waals surface area contributed by atoms with Crippen molar-refractivity contribution in [1.29, 1.82) is 0 Å². The van der Waals surface area contributed by atoms with Crippen LogP contribution >= 0.6 is 0 Å². The second-order valence-electron chi connectivity index (χ2n) is 7.42. The molecule has 1 aliphatic rings. The molecule has 1 N–H and O–H groups in total. The lowest BCUT2D eigenvalue weighted by molar-refractivity contribution is 0.600. The van der Waals surface area contributed by atoms with E-state index in [1.54, 1.807) is 25.1 Å². The minimum absolute atomic E-state index is 0.296. The Kier molecular flexibility index (Phi) is 5.24. The van der Waals surface area contributed by atoms with E-state index in [-0.39, 0.29) is 0 Å². The third-order valence-electron chi connectivity index (χ3n) is 5.15. The van der Waals surface area contributed by atoms with E-state index in [2.05, 4.69) is 19.8 Å². The lowest BCUT2D eigenvalue weighted by Gasteiger charge is -2.15. The van der Waals surface area contributed by atoms with Crippen molar-refractivity contribution in [2.75, 3.05) is 22.7 Å². The molecule has 0 aliphatic carbocycles. The first-order valence-corrected chi connectivity index (χ1v) is 11.2. The van der Waals surface area contributed by atoms with Crippen LogP contribution in [0.3, 0.4) is 0 Å². The normalized spacial score (nSPS) is 14.2. The largest absolute Gasteiger partial charge is 0.355 e. The first kappa shape index (κ1) is 19.4. The number of hydrogen-bond donors (Lipinski definition) is 1. The van der Waals surface area contributed by atoms with Crippen LogP contribution < -0.4 is 9.62 Å². The maximum absolute atomic E-state index is 12.8. The molecule has 1 fully saturated rings. The molecule has 4 rings (SSSR count). The van der Waals surface area contributed by atoms with Crippen LogP contribution in [-0.2, 0) is 10.0 Å². The molecule has 29 heavy (non-hydrogen) atoms. The first-order valence-electron chi connectivity index (χ1n) is 9.71. The number of aromatic nitrogens is 2. The number of benzene rings is 2. The average molecular weight is 409 g/mol. The molecular weight excluding hydrogens is 384 g/mol. The fraction of sp³-hybridized carbons (Fsp3) is 0.273. The van der Waals surface area contributed by atoms with Crippen LogP contribution in [0.15, 0.2) is 59.5 Å². The summed E-state index contributed by atoms with van der Waals surface area (Å²) in [5.74, 6) is 0.907. The zero-order chi connectivity index (χ0) is 20.4. The molecule has 1 saturated heterocycles. The Balaban J connectivity index is 1.51. The predicted octanol–water partition coefficient (Wildman–Crippen LogP) is 4.16.